The number of carbonyl (C=O) groups excluding carboxylic acids is 2. The number of amides is 1. The maximum absolute atomic E-state index is 11.6. The van der Waals surface area contributed by atoms with Crippen LogP contribution in [0.25, 0.3) is 0 Å². The van der Waals surface area contributed by atoms with Crippen molar-refractivity contribution in [2.75, 3.05) is 13.2 Å². The zero-order chi connectivity index (χ0) is 21.0. The van der Waals surface area contributed by atoms with Crippen LogP contribution >= 0.6 is 0 Å². The van der Waals surface area contributed by atoms with Gasteiger partial charge in [0, 0.05) is 6.92 Å². The van der Waals surface area contributed by atoms with Gasteiger partial charge in [0.2, 0.25) is 5.91 Å². The number of rotatable bonds is 7. The Kier molecular flexibility index (Phi) is 8.24. The Balaban J connectivity index is 2.26. The summed E-state index contributed by atoms with van der Waals surface area (Å²) in [6.07, 6.45) is -11.7. The van der Waals surface area contributed by atoms with Crippen LogP contribution in [0.3, 0.4) is 0 Å². The number of nitrogens with one attached hydrogen (secondary N) is 1. The van der Waals surface area contributed by atoms with Crippen molar-refractivity contribution in [3.63, 3.8) is 0 Å². The minimum absolute atomic E-state index is 0.383. The molecule has 2 rings (SSSR count). The monoisotopic (exact) mass is 409 g/mol. The van der Waals surface area contributed by atoms with E-state index in [1.807, 2.05) is 0 Å². The van der Waals surface area contributed by atoms with Gasteiger partial charge in [0.05, 0.1) is 12.7 Å². The Morgan fingerprint density at radius 1 is 1.07 bits per heavy atom. The highest BCUT2D eigenvalue weighted by Gasteiger charge is 2.51. The minimum atomic E-state index is -1.65. The molecule has 2 fully saturated rings. The lowest BCUT2D eigenvalue weighted by molar-refractivity contribution is -0.340. The molecule has 162 valence electrons. The van der Waals surface area contributed by atoms with Crippen molar-refractivity contribution < 1.29 is 54.1 Å². The lowest BCUT2D eigenvalue weighted by atomic mass is 9.95. The van der Waals surface area contributed by atoms with E-state index in [2.05, 4.69) is 5.32 Å². The van der Waals surface area contributed by atoms with E-state index in [4.69, 9.17) is 18.9 Å². The van der Waals surface area contributed by atoms with E-state index < -0.39 is 73.9 Å². The van der Waals surface area contributed by atoms with Crippen LogP contribution in [0, 0.1) is 0 Å². The quantitative estimate of drug-likeness (QED) is 0.225. The molecule has 2 aliphatic rings. The summed E-state index contributed by atoms with van der Waals surface area (Å²) in [5.41, 5.74) is 0. The van der Waals surface area contributed by atoms with Gasteiger partial charge in [-0.1, -0.05) is 0 Å². The molecule has 0 radical (unpaired) electrons. The number of carbonyl (C=O) groups is 2. The SMILES string of the molecule is CC(=O)N[C@H]1[C@H](OCC=O)O[C@H](CO)[C@@H](O)[C@@H]1O[C@@H]1O[C@@H](C)[C@@H](O)[C@@H](O)[C@@H]1O. The Morgan fingerprint density at radius 3 is 2.32 bits per heavy atom. The van der Waals surface area contributed by atoms with Gasteiger partial charge in [0.15, 0.2) is 12.6 Å². The van der Waals surface area contributed by atoms with Crippen molar-refractivity contribution in [1.82, 2.24) is 5.32 Å². The molecule has 2 aliphatic heterocycles. The van der Waals surface area contributed by atoms with Crippen molar-refractivity contribution in [2.45, 2.75) is 75.2 Å². The Bertz CT molecular complexity index is 535. The second-order valence-electron chi connectivity index (χ2n) is 6.72. The topological polar surface area (TPSA) is 184 Å². The third-order valence-corrected chi connectivity index (χ3v) is 4.65. The summed E-state index contributed by atoms with van der Waals surface area (Å²) < 4.78 is 21.6. The number of hydrogen-bond donors (Lipinski definition) is 6. The van der Waals surface area contributed by atoms with Crippen LogP contribution in [0.15, 0.2) is 0 Å². The van der Waals surface area contributed by atoms with E-state index in [9.17, 15) is 35.1 Å². The first-order chi connectivity index (χ1) is 13.2. The van der Waals surface area contributed by atoms with Crippen LogP contribution in [0.5, 0.6) is 0 Å². The lowest BCUT2D eigenvalue weighted by Gasteiger charge is -2.47. The summed E-state index contributed by atoms with van der Waals surface area (Å²) in [5, 5.41) is 52.3. The van der Waals surface area contributed by atoms with Gasteiger partial charge in [-0.15, -0.1) is 0 Å². The molecule has 0 saturated carbocycles. The van der Waals surface area contributed by atoms with Gasteiger partial charge in [-0.05, 0) is 6.92 Å². The molecule has 6 N–H and O–H groups in total. The van der Waals surface area contributed by atoms with Gasteiger partial charge in [-0.3, -0.25) is 4.79 Å². The van der Waals surface area contributed by atoms with Gasteiger partial charge in [-0.25, -0.2) is 0 Å². The molecule has 12 heteroatoms. The van der Waals surface area contributed by atoms with Crippen molar-refractivity contribution in [3.8, 4) is 0 Å². The fourth-order valence-electron chi connectivity index (χ4n) is 3.18. The predicted molar refractivity (Wildman–Crippen MR) is 88.6 cm³/mol. The summed E-state index contributed by atoms with van der Waals surface area (Å²) in [4.78, 5) is 22.2. The molecule has 1 amide bonds. The zero-order valence-electron chi connectivity index (χ0n) is 15.5. The Morgan fingerprint density at radius 2 is 1.75 bits per heavy atom. The fraction of sp³-hybridized carbons (Fsp3) is 0.875. The van der Waals surface area contributed by atoms with Crippen molar-refractivity contribution in [3.05, 3.63) is 0 Å². The average molecular weight is 409 g/mol. The summed E-state index contributed by atoms with van der Waals surface area (Å²) in [5.74, 6) is -0.523. The number of ether oxygens (including phenoxy) is 4. The molecule has 0 aromatic rings. The molecule has 28 heavy (non-hydrogen) atoms. The summed E-state index contributed by atoms with van der Waals surface area (Å²) >= 11 is 0. The van der Waals surface area contributed by atoms with Crippen molar-refractivity contribution in [2.24, 2.45) is 0 Å². The van der Waals surface area contributed by atoms with E-state index in [1.54, 1.807) is 0 Å². The molecule has 0 aromatic heterocycles. The molecule has 0 aliphatic carbocycles. The standard InChI is InChI=1S/C16H27NO11/c1-6-10(21)12(23)13(24)16(26-6)28-14-9(17-7(2)20)15(25-4-3-18)27-8(5-19)11(14)22/h3,6,8-16,19,21-24H,4-5H2,1-2H3,(H,17,20)/t6-,8+,9+,10+,11+,12+,13-,14+,15+,16-/m0/s1. The van der Waals surface area contributed by atoms with Gasteiger partial charge < -0.3 is 54.6 Å². The van der Waals surface area contributed by atoms with Gasteiger partial charge in [0.1, 0.15) is 55.6 Å². The zero-order valence-corrected chi connectivity index (χ0v) is 15.5. The average Bonchev–Trinajstić information content (AvgIpc) is 2.65. The number of aliphatic hydroxyl groups is 5. The molecule has 0 unspecified atom stereocenters. The fourth-order valence-corrected chi connectivity index (χ4v) is 3.18. The van der Waals surface area contributed by atoms with Gasteiger partial charge >= 0.3 is 0 Å². The van der Waals surface area contributed by atoms with Crippen molar-refractivity contribution in [1.29, 1.82) is 0 Å². The van der Waals surface area contributed by atoms with E-state index >= 15 is 0 Å². The highest BCUT2D eigenvalue weighted by Crippen LogP contribution is 2.29. The normalized spacial score (nSPS) is 44.1. The smallest absolute Gasteiger partial charge is 0.217 e. The highest BCUT2D eigenvalue weighted by atomic mass is 16.7. The number of aliphatic hydroxyl groups excluding tert-OH is 5. The third kappa shape index (κ3) is 5.03. The maximum Gasteiger partial charge on any atom is 0.217 e. The molecule has 0 aromatic carbocycles. The summed E-state index contributed by atoms with van der Waals surface area (Å²) in [7, 11) is 0. The molecule has 2 heterocycles. The van der Waals surface area contributed by atoms with Crippen LogP contribution in [0.2, 0.25) is 0 Å². The van der Waals surface area contributed by atoms with Crippen LogP contribution in [0.4, 0.5) is 0 Å². The second kappa shape index (κ2) is 10.0. The first-order valence-corrected chi connectivity index (χ1v) is 8.83. The maximum atomic E-state index is 11.6. The summed E-state index contributed by atoms with van der Waals surface area (Å²) in [6.45, 7) is 1.65. The van der Waals surface area contributed by atoms with Crippen molar-refractivity contribution >= 4 is 12.2 Å². The van der Waals surface area contributed by atoms with E-state index in [-0.39, 0.29) is 6.61 Å². The number of hydrogen-bond acceptors (Lipinski definition) is 11. The van der Waals surface area contributed by atoms with Gasteiger partial charge in [-0.2, -0.15) is 0 Å². The van der Waals surface area contributed by atoms with Crippen LogP contribution in [-0.2, 0) is 28.5 Å². The molecule has 10 atom stereocenters. The van der Waals surface area contributed by atoms with E-state index in [0.29, 0.717) is 6.29 Å². The highest BCUT2D eigenvalue weighted by molar-refractivity contribution is 5.73. The Hall–Kier alpha value is -1.22. The molecular formula is C16H27NO11. The number of aldehydes is 1. The van der Waals surface area contributed by atoms with E-state index in [1.165, 1.54) is 13.8 Å². The molecular weight excluding hydrogens is 382 g/mol. The lowest BCUT2D eigenvalue weighted by Crippen LogP contribution is -2.67. The van der Waals surface area contributed by atoms with Crippen LogP contribution in [-0.4, -0.2) is 112 Å². The van der Waals surface area contributed by atoms with E-state index in [0.717, 1.165) is 0 Å². The van der Waals surface area contributed by atoms with Crippen LogP contribution in [0.1, 0.15) is 13.8 Å². The first kappa shape index (κ1) is 23.1. The molecule has 12 nitrogen and oxygen atoms in total. The molecule has 2 saturated heterocycles. The van der Waals surface area contributed by atoms with Crippen LogP contribution < -0.4 is 5.32 Å². The third-order valence-electron chi connectivity index (χ3n) is 4.65. The second-order valence-corrected chi connectivity index (χ2v) is 6.72. The largest absolute Gasteiger partial charge is 0.394 e. The summed E-state index contributed by atoms with van der Waals surface area (Å²) in [6, 6.07) is -1.13. The Labute approximate surface area is 160 Å². The predicted octanol–water partition coefficient (Wildman–Crippen LogP) is -4.00. The minimum Gasteiger partial charge on any atom is -0.394 e. The molecule has 0 bridgehead atoms. The first-order valence-electron chi connectivity index (χ1n) is 8.83. The van der Waals surface area contributed by atoms with Gasteiger partial charge in [0.25, 0.3) is 0 Å². The molecule has 0 spiro atoms.